The molecule has 0 aliphatic carbocycles. The van der Waals surface area contributed by atoms with Crippen molar-refractivity contribution in [3.63, 3.8) is 0 Å². The normalized spacial score (nSPS) is 10.0. The highest BCUT2D eigenvalue weighted by Crippen LogP contribution is 2.20. The van der Waals surface area contributed by atoms with E-state index in [0.29, 0.717) is 4.99 Å². The molecule has 0 radical (unpaired) electrons. The summed E-state index contributed by atoms with van der Waals surface area (Å²) in [7, 11) is 0. The Morgan fingerprint density at radius 3 is 2.80 bits per heavy atom. The van der Waals surface area contributed by atoms with Gasteiger partial charge in [0.05, 0.1) is 12.2 Å². The first-order valence-corrected chi connectivity index (χ1v) is 5.59. The van der Waals surface area contributed by atoms with Crippen molar-refractivity contribution in [2.24, 2.45) is 5.73 Å². The molecule has 0 spiro atoms. The van der Waals surface area contributed by atoms with Gasteiger partial charge in [0.15, 0.2) is 0 Å². The molecule has 2 N–H and O–H groups in total. The van der Waals surface area contributed by atoms with Crippen LogP contribution in [0.15, 0.2) is 18.2 Å². The summed E-state index contributed by atoms with van der Waals surface area (Å²) in [6, 6.07) is 5.89. The molecule has 15 heavy (non-hydrogen) atoms. The Morgan fingerprint density at radius 1 is 1.47 bits per heavy atom. The summed E-state index contributed by atoms with van der Waals surface area (Å²) in [4.78, 5) is 0.394. The standard InChI is InChI=1S/C12H17NOS/c1-3-4-7-14-11-6-5-9(2)8-10(11)12(13)15/h5-6,8H,3-4,7H2,1-2H3,(H2,13,15). The van der Waals surface area contributed by atoms with Crippen LogP contribution in [0.2, 0.25) is 0 Å². The average Bonchev–Trinajstić information content (AvgIpc) is 2.20. The smallest absolute Gasteiger partial charge is 0.129 e. The second-order valence-electron chi connectivity index (χ2n) is 3.57. The SMILES string of the molecule is CCCCOc1ccc(C)cc1C(N)=S. The quantitative estimate of drug-likeness (QED) is 0.616. The lowest BCUT2D eigenvalue weighted by atomic mass is 10.1. The minimum Gasteiger partial charge on any atom is -0.493 e. The molecule has 0 aliphatic rings. The van der Waals surface area contributed by atoms with Gasteiger partial charge >= 0.3 is 0 Å². The lowest BCUT2D eigenvalue weighted by Crippen LogP contribution is -2.12. The van der Waals surface area contributed by atoms with Crippen LogP contribution in [0.4, 0.5) is 0 Å². The van der Waals surface area contributed by atoms with E-state index >= 15 is 0 Å². The highest BCUT2D eigenvalue weighted by atomic mass is 32.1. The molecule has 0 heterocycles. The Hall–Kier alpha value is -1.09. The highest BCUT2D eigenvalue weighted by Gasteiger charge is 2.06. The van der Waals surface area contributed by atoms with Gasteiger partial charge in [0.2, 0.25) is 0 Å². The van der Waals surface area contributed by atoms with Crippen LogP contribution in [-0.4, -0.2) is 11.6 Å². The topological polar surface area (TPSA) is 35.2 Å². The summed E-state index contributed by atoms with van der Waals surface area (Å²) in [5, 5.41) is 0. The number of nitrogens with two attached hydrogens (primary N) is 1. The first-order chi connectivity index (χ1) is 7.15. The summed E-state index contributed by atoms with van der Waals surface area (Å²) in [6.45, 7) is 4.86. The zero-order chi connectivity index (χ0) is 11.3. The van der Waals surface area contributed by atoms with Crippen molar-refractivity contribution in [2.45, 2.75) is 26.7 Å². The average molecular weight is 223 g/mol. The molecule has 0 aliphatic heterocycles. The van der Waals surface area contributed by atoms with Crippen molar-refractivity contribution in [1.82, 2.24) is 0 Å². The van der Waals surface area contributed by atoms with Gasteiger partial charge in [-0.25, -0.2) is 0 Å². The van der Waals surface area contributed by atoms with E-state index in [4.69, 9.17) is 22.7 Å². The summed E-state index contributed by atoms with van der Waals surface area (Å²) in [5.41, 5.74) is 7.61. The van der Waals surface area contributed by atoms with Gasteiger partial charge in [-0.2, -0.15) is 0 Å². The zero-order valence-corrected chi connectivity index (χ0v) is 10.1. The van der Waals surface area contributed by atoms with Gasteiger partial charge in [-0.1, -0.05) is 37.2 Å². The molecule has 82 valence electrons. The van der Waals surface area contributed by atoms with Crippen LogP contribution in [0.1, 0.15) is 30.9 Å². The van der Waals surface area contributed by atoms with E-state index in [9.17, 15) is 0 Å². The van der Waals surface area contributed by atoms with Crippen LogP contribution < -0.4 is 10.5 Å². The Balaban J connectivity index is 2.81. The molecule has 1 rings (SSSR count). The Bertz CT molecular complexity index is 349. The number of hydrogen-bond donors (Lipinski definition) is 1. The monoisotopic (exact) mass is 223 g/mol. The molecule has 3 heteroatoms. The molecule has 0 aromatic heterocycles. The van der Waals surface area contributed by atoms with E-state index < -0.39 is 0 Å². The van der Waals surface area contributed by atoms with E-state index in [1.807, 2.05) is 25.1 Å². The van der Waals surface area contributed by atoms with E-state index in [1.165, 1.54) is 0 Å². The molecule has 0 atom stereocenters. The maximum atomic E-state index is 5.64. The fourth-order valence-electron chi connectivity index (χ4n) is 1.29. The minimum absolute atomic E-state index is 0.394. The van der Waals surface area contributed by atoms with Gasteiger partial charge < -0.3 is 10.5 Å². The summed E-state index contributed by atoms with van der Waals surface area (Å²) in [5.74, 6) is 0.793. The molecule has 1 aromatic carbocycles. The molecule has 2 nitrogen and oxygen atoms in total. The molecule has 0 saturated heterocycles. The first-order valence-electron chi connectivity index (χ1n) is 5.18. The summed E-state index contributed by atoms with van der Waals surface area (Å²) in [6.07, 6.45) is 2.17. The number of ether oxygens (including phenoxy) is 1. The Labute approximate surface area is 96.4 Å². The lowest BCUT2D eigenvalue weighted by molar-refractivity contribution is 0.309. The van der Waals surface area contributed by atoms with Crippen LogP contribution in [0, 0.1) is 6.92 Å². The van der Waals surface area contributed by atoms with Crippen molar-refractivity contribution in [1.29, 1.82) is 0 Å². The minimum atomic E-state index is 0.394. The molecule has 0 fully saturated rings. The maximum absolute atomic E-state index is 5.64. The van der Waals surface area contributed by atoms with Gasteiger partial charge in [-0.3, -0.25) is 0 Å². The van der Waals surface area contributed by atoms with E-state index in [1.54, 1.807) is 0 Å². The number of unbranched alkanes of at least 4 members (excludes halogenated alkanes) is 1. The van der Waals surface area contributed by atoms with Crippen LogP contribution >= 0.6 is 12.2 Å². The Kier molecular flexibility index (Phi) is 4.56. The number of benzene rings is 1. The maximum Gasteiger partial charge on any atom is 0.129 e. The highest BCUT2D eigenvalue weighted by molar-refractivity contribution is 7.80. The van der Waals surface area contributed by atoms with E-state index in [2.05, 4.69) is 6.92 Å². The van der Waals surface area contributed by atoms with Crippen molar-refractivity contribution >= 4 is 17.2 Å². The summed E-state index contributed by atoms with van der Waals surface area (Å²) < 4.78 is 5.63. The third-order valence-electron chi connectivity index (χ3n) is 2.16. The fourth-order valence-corrected chi connectivity index (χ4v) is 1.45. The van der Waals surface area contributed by atoms with Gasteiger partial charge in [0.1, 0.15) is 10.7 Å². The zero-order valence-electron chi connectivity index (χ0n) is 9.25. The van der Waals surface area contributed by atoms with E-state index in [0.717, 1.165) is 36.3 Å². The number of rotatable bonds is 5. The molecular formula is C12H17NOS. The number of thiocarbonyl (C=S) groups is 1. The largest absolute Gasteiger partial charge is 0.493 e. The van der Waals surface area contributed by atoms with Gasteiger partial charge in [0.25, 0.3) is 0 Å². The first kappa shape index (κ1) is 12.0. The molecule has 0 bridgehead atoms. The molecule has 0 unspecified atom stereocenters. The van der Waals surface area contributed by atoms with Crippen LogP contribution in [0.3, 0.4) is 0 Å². The van der Waals surface area contributed by atoms with Crippen LogP contribution in [0.25, 0.3) is 0 Å². The Morgan fingerprint density at radius 2 is 2.20 bits per heavy atom. The molecule has 0 amide bonds. The van der Waals surface area contributed by atoms with Gasteiger partial charge in [0, 0.05) is 0 Å². The van der Waals surface area contributed by atoms with Crippen molar-refractivity contribution < 1.29 is 4.74 Å². The van der Waals surface area contributed by atoms with Crippen molar-refractivity contribution in [3.8, 4) is 5.75 Å². The molecule has 0 saturated carbocycles. The van der Waals surface area contributed by atoms with Crippen LogP contribution in [0.5, 0.6) is 5.75 Å². The lowest BCUT2D eigenvalue weighted by Gasteiger charge is -2.10. The third kappa shape index (κ3) is 3.51. The van der Waals surface area contributed by atoms with Crippen molar-refractivity contribution in [2.75, 3.05) is 6.61 Å². The number of aryl methyl sites for hydroxylation is 1. The second kappa shape index (κ2) is 5.71. The number of hydrogen-bond acceptors (Lipinski definition) is 2. The van der Waals surface area contributed by atoms with Crippen molar-refractivity contribution in [3.05, 3.63) is 29.3 Å². The predicted molar refractivity (Wildman–Crippen MR) is 67.5 cm³/mol. The van der Waals surface area contributed by atoms with Gasteiger partial charge in [-0.05, 0) is 25.5 Å². The summed E-state index contributed by atoms with van der Waals surface area (Å²) >= 11 is 4.99. The van der Waals surface area contributed by atoms with Crippen LogP contribution in [-0.2, 0) is 0 Å². The molecular weight excluding hydrogens is 206 g/mol. The fraction of sp³-hybridized carbons (Fsp3) is 0.417. The van der Waals surface area contributed by atoms with E-state index in [-0.39, 0.29) is 0 Å². The molecule has 1 aromatic rings. The van der Waals surface area contributed by atoms with Gasteiger partial charge in [-0.15, -0.1) is 0 Å². The predicted octanol–water partition coefficient (Wildman–Crippen LogP) is 2.81. The third-order valence-corrected chi connectivity index (χ3v) is 2.38. The second-order valence-corrected chi connectivity index (χ2v) is 4.01.